The molecule has 3 heterocycles. The van der Waals surface area contributed by atoms with E-state index in [4.69, 9.17) is 0 Å². The van der Waals surface area contributed by atoms with Crippen molar-refractivity contribution >= 4 is 28.8 Å². The van der Waals surface area contributed by atoms with Crippen LogP contribution in [0.4, 0.5) is 5.82 Å². The van der Waals surface area contributed by atoms with E-state index in [-0.39, 0.29) is 29.1 Å². The molecular weight excluding hydrogens is 632 g/mol. The Morgan fingerprint density at radius 1 is 0.860 bits per heavy atom. The molecule has 3 N–H and O–H groups in total. The van der Waals surface area contributed by atoms with Crippen molar-refractivity contribution in [3.05, 3.63) is 110 Å². The first-order chi connectivity index (χ1) is 24.4. The van der Waals surface area contributed by atoms with E-state index in [1.165, 1.54) is 4.57 Å². The third-order valence-electron chi connectivity index (χ3n) is 9.66. The quantitative estimate of drug-likeness (QED) is 0.160. The zero-order valence-electron chi connectivity index (χ0n) is 28.0. The fraction of sp³-hybridized carbons (Fsp3) is 0.368. The van der Waals surface area contributed by atoms with Crippen molar-refractivity contribution in [2.75, 3.05) is 5.32 Å². The van der Waals surface area contributed by atoms with Crippen LogP contribution in [0.2, 0.25) is 0 Å². The molecule has 3 fully saturated rings. The summed E-state index contributed by atoms with van der Waals surface area (Å²) in [7, 11) is 0. The third kappa shape index (κ3) is 6.45. The smallest absolute Gasteiger partial charge is 0.333 e. The van der Waals surface area contributed by atoms with E-state index >= 15 is 0 Å². The molecule has 3 aliphatic rings. The second kappa shape index (κ2) is 13.1. The number of fused-ring (bicyclic) bond motifs is 1. The Bertz CT molecular complexity index is 2160. The van der Waals surface area contributed by atoms with Crippen molar-refractivity contribution in [1.82, 2.24) is 34.3 Å². The largest absolute Gasteiger partial charge is 0.366 e. The summed E-state index contributed by atoms with van der Waals surface area (Å²) in [6, 6.07) is 19.4. The number of aromatic nitrogens is 5. The first-order valence-electron chi connectivity index (χ1n) is 17.6. The Hall–Kier alpha value is -5.52. The minimum atomic E-state index is -0.318. The number of amides is 2. The SMILES string of the molecule is CCCn1c(=O)n(C2CC2)c(=O)c2[nH]c(-c3ccc(NCc4ccc(CNC(=O)c5ccc(C(=O)N(C6CC6)C6CC6)cc5)cc4)nc3)nc21. The highest BCUT2D eigenvalue weighted by Crippen LogP contribution is 2.38. The first kappa shape index (κ1) is 31.7. The summed E-state index contributed by atoms with van der Waals surface area (Å²) >= 11 is 0. The second-order valence-electron chi connectivity index (χ2n) is 13.7. The van der Waals surface area contributed by atoms with Crippen LogP contribution in [0.15, 0.2) is 76.4 Å². The van der Waals surface area contributed by atoms with Crippen LogP contribution in [0.5, 0.6) is 0 Å². The highest BCUT2D eigenvalue weighted by molar-refractivity contribution is 5.98. The predicted octanol–water partition coefficient (Wildman–Crippen LogP) is 5.00. The van der Waals surface area contributed by atoms with Crippen LogP contribution in [0, 0.1) is 0 Å². The van der Waals surface area contributed by atoms with Gasteiger partial charge in [-0.2, -0.15) is 0 Å². The minimum Gasteiger partial charge on any atom is -0.366 e. The van der Waals surface area contributed by atoms with E-state index in [2.05, 4.69) is 25.6 Å². The number of anilines is 1. The lowest BCUT2D eigenvalue weighted by atomic mass is 10.1. The lowest BCUT2D eigenvalue weighted by Crippen LogP contribution is -2.39. The van der Waals surface area contributed by atoms with Crippen molar-refractivity contribution in [2.45, 2.75) is 89.6 Å². The number of pyridine rings is 1. The van der Waals surface area contributed by atoms with Gasteiger partial charge in [0.05, 0.1) is 0 Å². The van der Waals surface area contributed by atoms with E-state index in [1.807, 2.05) is 48.2 Å². The van der Waals surface area contributed by atoms with Gasteiger partial charge in [-0.3, -0.25) is 23.5 Å². The number of H-pyrrole nitrogens is 1. The summed E-state index contributed by atoms with van der Waals surface area (Å²) in [5.41, 5.74) is 4.02. The number of hydrogen-bond donors (Lipinski definition) is 3. The number of rotatable bonds is 13. The highest BCUT2D eigenvalue weighted by atomic mass is 16.2. The maximum atomic E-state index is 13.2. The average molecular weight is 673 g/mol. The molecule has 50 heavy (non-hydrogen) atoms. The molecule has 0 bridgehead atoms. The number of nitrogens with zero attached hydrogens (tertiary/aromatic N) is 5. The van der Waals surface area contributed by atoms with E-state index < -0.39 is 0 Å². The van der Waals surface area contributed by atoms with Gasteiger partial charge in [0.25, 0.3) is 17.4 Å². The molecule has 12 heteroatoms. The van der Waals surface area contributed by atoms with Crippen LogP contribution >= 0.6 is 0 Å². The van der Waals surface area contributed by atoms with Crippen LogP contribution in [0.25, 0.3) is 22.6 Å². The standard InChI is InChI=1S/C38H40N8O4/c1-2-19-44-34-32(37(49)46(38(44)50)30-16-17-30)42-33(43-34)27-11-18-31(40-22-27)39-20-23-3-5-24(6-4-23)21-41-35(47)25-7-9-26(10-8-25)36(48)45(28-12-13-28)29-14-15-29/h3-11,18,22,28-30H,2,12-17,19-21H2,1H3,(H,39,40)(H,41,47)(H,42,43). The number of hydrogen-bond acceptors (Lipinski definition) is 7. The monoisotopic (exact) mass is 672 g/mol. The van der Waals surface area contributed by atoms with Gasteiger partial charge in [0.1, 0.15) is 17.2 Å². The maximum absolute atomic E-state index is 13.2. The normalized spacial score (nSPS) is 15.6. The second-order valence-corrected chi connectivity index (χ2v) is 13.7. The highest BCUT2D eigenvalue weighted by Gasteiger charge is 2.42. The van der Waals surface area contributed by atoms with Gasteiger partial charge in [-0.05, 0) is 92.5 Å². The van der Waals surface area contributed by atoms with E-state index in [1.54, 1.807) is 35.0 Å². The van der Waals surface area contributed by atoms with Gasteiger partial charge in [0.2, 0.25) is 0 Å². The summed E-state index contributed by atoms with van der Waals surface area (Å²) in [6.07, 6.45) is 8.50. The molecule has 2 amide bonds. The number of carbonyl (C=O) groups excluding carboxylic acids is 2. The van der Waals surface area contributed by atoms with Crippen LogP contribution in [-0.2, 0) is 19.6 Å². The summed E-state index contributed by atoms with van der Waals surface area (Å²) < 4.78 is 2.97. The van der Waals surface area contributed by atoms with Crippen molar-refractivity contribution in [3.8, 4) is 11.4 Å². The molecule has 0 aliphatic heterocycles. The van der Waals surface area contributed by atoms with Gasteiger partial charge in [0.15, 0.2) is 5.65 Å². The van der Waals surface area contributed by atoms with Crippen LogP contribution < -0.4 is 21.9 Å². The number of aryl methyl sites for hydroxylation is 1. The van der Waals surface area contributed by atoms with Crippen molar-refractivity contribution in [1.29, 1.82) is 0 Å². The molecule has 0 atom stereocenters. The van der Waals surface area contributed by atoms with Crippen molar-refractivity contribution < 1.29 is 9.59 Å². The number of nitrogens with one attached hydrogen (secondary N) is 3. The molecule has 2 aromatic carbocycles. The molecule has 3 aliphatic carbocycles. The first-order valence-corrected chi connectivity index (χ1v) is 17.6. The average Bonchev–Trinajstić information content (AvgIpc) is 4.01. The lowest BCUT2D eigenvalue weighted by molar-refractivity contribution is 0.0729. The molecule has 3 aromatic heterocycles. The van der Waals surface area contributed by atoms with Crippen LogP contribution in [0.1, 0.15) is 89.8 Å². The maximum Gasteiger partial charge on any atom is 0.333 e. The summed E-state index contributed by atoms with van der Waals surface area (Å²) in [5.74, 6) is 1.07. The molecule has 0 spiro atoms. The molecule has 3 saturated carbocycles. The van der Waals surface area contributed by atoms with Gasteiger partial charge < -0.3 is 20.5 Å². The zero-order chi connectivity index (χ0) is 34.4. The molecule has 0 saturated heterocycles. The minimum absolute atomic E-state index is 0.0267. The van der Waals surface area contributed by atoms with Gasteiger partial charge in [0, 0.05) is 60.6 Å². The fourth-order valence-corrected chi connectivity index (χ4v) is 6.49. The Balaban J connectivity index is 0.853. The van der Waals surface area contributed by atoms with Crippen molar-refractivity contribution in [2.24, 2.45) is 0 Å². The molecule has 256 valence electrons. The van der Waals surface area contributed by atoms with Crippen LogP contribution in [-0.4, -0.2) is 52.9 Å². The topological polar surface area (TPSA) is 147 Å². The molecular formula is C38H40N8O4. The summed E-state index contributed by atoms with van der Waals surface area (Å²) in [5, 5.41) is 6.30. The van der Waals surface area contributed by atoms with Crippen LogP contribution in [0.3, 0.4) is 0 Å². The Morgan fingerprint density at radius 3 is 2.12 bits per heavy atom. The molecule has 0 radical (unpaired) electrons. The van der Waals surface area contributed by atoms with Gasteiger partial charge in [-0.15, -0.1) is 0 Å². The summed E-state index contributed by atoms with van der Waals surface area (Å²) in [4.78, 5) is 66.5. The van der Waals surface area contributed by atoms with Gasteiger partial charge in [-0.25, -0.2) is 14.8 Å². The Labute approximate surface area is 288 Å². The Kier molecular flexibility index (Phi) is 8.29. The summed E-state index contributed by atoms with van der Waals surface area (Å²) in [6.45, 7) is 3.42. The number of aromatic amines is 1. The number of carbonyl (C=O) groups is 2. The van der Waals surface area contributed by atoms with Crippen molar-refractivity contribution in [3.63, 3.8) is 0 Å². The van der Waals surface area contributed by atoms with E-state index in [9.17, 15) is 19.2 Å². The number of benzene rings is 2. The van der Waals surface area contributed by atoms with Gasteiger partial charge in [-0.1, -0.05) is 31.2 Å². The van der Waals surface area contributed by atoms with E-state index in [0.717, 1.165) is 56.1 Å². The third-order valence-corrected chi connectivity index (χ3v) is 9.66. The predicted molar refractivity (Wildman–Crippen MR) is 190 cm³/mol. The molecule has 12 nitrogen and oxygen atoms in total. The Morgan fingerprint density at radius 2 is 1.52 bits per heavy atom. The lowest BCUT2D eigenvalue weighted by Gasteiger charge is -2.22. The fourth-order valence-electron chi connectivity index (χ4n) is 6.49. The number of imidazole rings is 1. The van der Waals surface area contributed by atoms with E-state index in [0.29, 0.717) is 71.2 Å². The van der Waals surface area contributed by atoms with Gasteiger partial charge >= 0.3 is 5.69 Å². The molecule has 8 rings (SSSR count). The molecule has 0 unspecified atom stereocenters. The molecule has 5 aromatic rings. The zero-order valence-corrected chi connectivity index (χ0v) is 28.0.